The molecule has 1 aromatic heterocycles. The maximum atomic E-state index is 7.26. The zero-order valence-corrected chi connectivity index (χ0v) is 18.4. The summed E-state index contributed by atoms with van der Waals surface area (Å²) in [6.07, 6.45) is 18.2. The number of hydrogen-bond donors (Lipinski definition) is 1. The molecule has 2 aromatic rings. The molecule has 2 N–H and O–H groups in total. The third kappa shape index (κ3) is 2.34. The highest BCUT2D eigenvalue weighted by atomic mass is 16.5. The van der Waals surface area contributed by atoms with Crippen molar-refractivity contribution in [1.82, 2.24) is 4.98 Å². The van der Waals surface area contributed by atoms with Gasteiger partial charge in [-0.1, -0.05) is 31.2 Å². The maximum Gasteiger partial charge on any atom is 0.0974 e. The van der Waals surface area contributed by atoms with E-state index in [-0.39, 0.29) is 22.7 Å². The Bertz CT molecular complexity index is 1150. The largest absolute Gasteiger partial charge is 0.359 e. The first-order valence-electron chi connectivity index (χ1n) is 12.2. The topological polar surface area (TPSA) is 48.1 Å². The van der Waals surface area contributed by atoms with E-state index in [0.717, 1.165) is 32.1 Å². The van der Waals surface area contributed by atoms with Gasteiger partial charge in [-0.15, -0.1) is 0 Å². The maximum absolute atomic E-state index is 7.26. The van der Waals surface area contributed by atoms with E-state index in [2.05, 4.69) is 48.3 Å². The summed E-state index contributed by atoms with van der Waals surface area (Å²) in [5.41, 5.74) is 11.0. The molecule has 3 aliphatic carbocycles. The monoisotopic (exact) mass is 412 g/mol. The first-order chi connectivity index (χ1) is 15.0. The van der Waals surface area contributed by atoms with Crippen molar-refractivity contribution >= 4 is 10.8 Å². The van der Waals surface area contributed by atoms with Crippen LogP contribution in [0.15, 0.2) is 60.0 Å². The van der Waals surface area contributed by atoms with Crippen LogP contribution >= 0.6 is 0 Å². The molecular weight excluding hydrogens is 380 g/mol. The van der Waals surface area contributed by atoms with E-state index in [1.165, 1.54) is 46.7 Å². The molecule has 0 radical (unpaired) electrons. The van der Waals surface area contributed by atoms with E-state index in [4.69, 9.17) is 10.5 Å². The van der Waals surface area contributed by atoms with Crippen LogP contribution in [0.4, 0.5) is 0 Å². The summed E-state index contributed by atoms with van der Waals surface area (Å²) in [4.78, 5) is 4.36. The second-order valence-corrected chi connectivity index (χ2v) is 11.2. The zero-order chi connectivity index (χ0) is 20.8. The van der Waals surface area contributed by atoms with Gasteiger partial charge in [-0.25, -0.2) is 0 Å². The van der Waals surface area contributed by atoms with Crippen LogP contribution in [0, 0.1) is 11.3 Å². The summed E-state index contributed by atoms with van der Waals surface area (Å²) in [5, 5.41) is 2.54. The molecule has 2 aliphatic heterocycles. The van der Waals surface area contributed by atoms with Gasteiger partial charge in [0.2, 0.25) is 0 Å². The number of fused-ring (bicyclic) bond motifs is 2. The van der Waals surface area contributed by atoms with Gasteiger partial charge >= 0.3 is 0 Å². The molecule has 3 heterocycles. The van der Waals surface area contributed by atoms with Crippen LogP contribution in [0.3, 0.4) is 0 Å². The van der Waals surface area contributed by atoms with Gasteiger partial charge < -0.3 is 10.5 Å². The molecule has 7 rings (SSSR count). The number of nitrogens with zero attached hydrogens (tertiary/aromatic N) is 1. The van der Waals surface area contributed by atoms with E-state index in [1.54, 1.807) is 0 Å². The molecule has 2 bridgehead atoms. The lowest BCUT2D eigenvalue weighted by molar-refractivity contribution is -0.135. The number of benzene rings is 1. The first kappa shape index (κ1) is 18.6. The van der Waals surface area contributed by atoms with Gasteiger partial charge in [0, 0.05) is 23.8 Å². The van der Waals surface area contributed by atoms with Crippen molar-refractivity contribution in [2.24, 2.45) is 17.1 Å². The molecular formula is C28H32N2O. The average molecular weight is 413 g/mol. The summed E-state index contributed by atoms with van der Waals surface area (Å²) in [6, 6.07) is 9.45. The van der Waals surface area contributed by atoms with Gasteiger partial charge in [0.15, 0.2) is 0 Å². The summed E-state index contributed by atoms with van der Waals surface area (Å²) in [6.45, 7) is 2.55. The van der Waals surface area contributed by atoms with E-state index in [1.807, 2.05) is 12.4 Å². The van der Waals surface area contributed by atoms with Crippen molar-refractivity contribution in [2.45, 2.75) is 81.5 Å². The molecule has 3 fully saturated rings. The normalized spacial score (nSPS) is 43.1. The Morgan fingerprint density at radius 2 is 2.03 bits per heavy atom. The molecule has 1 aromatic carbocycles. The predicted octanol–water partition coefficient (Wildman–Crippen LogP) is 5.80. The Morgan fingerprint density at radius 1 is 1.10 bits per heavy atom. The number of aromatic nitrogens is 1. The smallest absolute Gasteiger partial charge is 0.0974 e. The molecule has 6 atom stereocenters. The van der Waals surface area contributed by atoms with Crippen LogP contribution in [0.2, 0.25) is 0 Å². The van der Waals surface area contributed by atoms with Crippen molar-refractivity contribution in [3.05, 3.63) is 65.5 Å². The Hall–Kier alpha value is -1.97. The fourth-order valence-corrected chi connectivity index (χ4v) is 8.31. The molecule has 160 valence electrons. The minimum atomic E-state index is -0.0826. The molecule has 0 unspecified atom stereocenters. The number of rotatable bonds is 1. The summed E-state index contributed by atoms with van der Waals surface area (Å²) in [7, 11) is 0. The number of hydrogen-bond acceptors (Lipinski definition) is 3. The standard InChI is InChI=1S/C28H32N2O/c1-26-10-8-22-15-21-4-5-23(29)16-27(21)11-12-28(22,31-27)25(26)7-6-24(26)19-3-2-18-9-13-30-17-20(18)14-19/h2-3,8-9,13-15,17,23-25H,4-7,10-12,16,29H2,1H3/t23-,24+,25+,26+,27+,28+/m0/s1. The van der Waals surface area contributed by atoms with Crippen LogP contribution in [0.25, 0.3) is 10.8 Å². The molecule has 2 saturated carbocycles. The van der Waals surface area contributed by atoms with Gasteiger partial charge in [0.25, 0.3) is 0 Å². The Balaban J connectivity index is 1.31. The predicted molar refractivity (Wildman–Crippen MR) is 124 cm³/mol. The summed E-state index contributed by atoms with van der Waals surface area (Å²) >= 11 is 0. The van der Waals surface area contributed by atoms with Crippen LogP contribution in [-0.4, -0.2) is 22.2 Å². The number of pyridine rings is 1. The van der Waals surface area contributed by atoms with Crippen LogP contribution < -0.4 is 5.73 Å². The van der Waals surface area contributed by atoms with Crippen molar-refractivity contribution in [3.63, 3.8) is 0 Å². The van der Waals surface area contributed by atoms with Gasteiger partial charge in [0.05, 0.1) is 11.2 Å². The summed E-state index contributed by atoms with van der Waals surface area (Å²) < 4.78 is 7.26. The summed E-state index contributed by atoms with van der Waals surface area (Å²) in [5.74, 6) is 1.17. The Kier molecular flexibility index (Phi) is 3.65. The second kappa shape index (κ2) is 6.08. The second-order valence-electron chi connectivity index (χ2n) is 11.2. The van der Waals surface area contributed by atoms with Gasteiger partial charge in [-0.2, -0.15) is 0 Å². The highest BCUT2D eigenvalue weighted by molar-refractivity contribution is 5.82. The fourth-order valence-electron chi connectivity index (χ4n) is 8.31. The highest BCUT2D eigenvalue weighted by Crippen LogP contribution is 2.69. The van der Waals surface area contributed by atoms with Gasteiger partial charge in [-0.3, -0.25) is 4.98 Å². The fraction of sp³-hybridized carbons (Fsp3) is 0.536. The van der Waals surface area contributed by atoms with Crippen molar-refractivity contribution in [1.29, 1.82) is 0 Å². The SMILES string of the molecule is C[C@]12CC=C3C=C4CC[C@H](N)C[C@]45CC[C@]3(O5)[C@@H]1CC[C@@H]2c1ccc2ccncc2c1. The third-order valence-corrected chi connectivity index (χ3v) is 9.79. The highest BCUT2D eigenvalue weighted by Gasteiger charge is 2.66. The van der Waals surface area contributed by atoms with E-state index >= 15 is 0 Å². The van der Waals surface area contributed by atoms with Crippen LogP contribution in [-0.2, 0) is 4.74 Å². The van der Waals surface area contributed by atoms with Crippen LogP contribution in [0.5, 0.6) is 0 Å². The molecule has 3 heteroatoms. The molecule has 2 spiro atoms. The zero-order valence-electron chi connectivity index (χ0n) is 18.4. The van der Waals surface area contributed by atoms with Crippen molar-refractivity contribution in [2.75, 3.05) is 0 Å². The average Bonchev–Trinajstić information content (AvgIpc) is 3.28. The molecule has 5 aliphatic rings. The minimum Gasteiger partial charge on any atom is -0.359 e. The Morgan fingerprint density at radius 3 is 2.97 bits per heavy atom. The lowest BCUT2D eigenvalue weighted by Gasteiger charge is -2.54. The van der Waals surface area contributed by atoms with Gasteiger partial charge in [-0.05, 0) is 103 Å². The van der Waals surface area contributed by atoms with E-state index < -0.39 is 0 Å². The van der Waals surface area contributed by atoms with Crippen molar-refractivity contribution < 1.29 is 4.74 Å². The Labute approximate surface area is 184 Å². The van der Waals surface area contributed by atoms with E-state index in [0.29, 0.717) is 11.8 Å². The number of allylic oxidation sites excluding steroid dienone is 1. The first-order valence-corrected chi connectivity index (χ1v) is 12.2. The van der Waals surface area contributed by atoms with Crippen molar-refractivity contribution in [3.8, 4) is 0 Å². The molecule has 3 nitrogen and oxygen atoms in total. The number of nitrogens with two attached hydrogens (primary N) is 1. The molecule has 1 saturated heterocycles. The third-order valence-electron chi connectivity index (χ3n) is 9.79. The lowest BCUT2D eigenvalue weighted by Crippen LogP contribution is -2.54. The minimum absolute atomic E-state index is 0.0695. The van der Waals surface area contributed by atoms with Gasteiger partial charge in [0.1, 0.15) is 0 Å². The lowest BCUT2D eigenvalue weighted by atomic mass is 9.58. The van der Waals surface area contributed by atoms with E-state index in [9.17, 15) is 0 Å². The molecule has 31 heavy (non-hydrogen) atoms. The number of ether oxygens (including phenoxy) is 1. The van der Waals surface area contributed by atoms with Crippen LogP contribution in [0.1, 0.15) is 69.8 Å². The molecule has 0 amide bonds. The quantitative estimate of drug-likeness (QED) is 0.643.